The molecule has 0 radical (unpaired) electrons. The molecule has 4 nitrogen and oxygen atoms in total. The van der Waals surface area contributed by atoms with E-state index in [1.165, 1.54) is 0 Å². The van der Waals surface area contributed by atoms with Crippen molar-refractivity contribution in [1.29, 1.82) is 0 Å². The zero-order valence-electron chi connectivity index (χ0n) is 5.26. The molecule has 5 heteroatoms. The van der Waals surface area contributed by atoms with Crippen molar-refractivity contribution < 1.29 is 4.79 Å². The molecule has 0 atom stereocenters. The second-order valence-corrected chi connectivity index (χ2v) is 2.30. The number of amides is 1. The zero-order chi connectivity index (χ0) is 7.56. The van der Waals surface area contributed by atoms with E-state index in [9.17, 15) is 4.79 Å². The van der Waals surface area contributed by atoms with E-state index in [-0.39, 0.29) is 17.4 Å². The van der Waals surface area contributed by atoms with Gasteiger partial charge in [-0.3, -0.25) is 4.79 Å². The fourth-order valence-corrected chi connectivity index (χ4v) is 0.921. The van der Waals surface area contributed by atoms with Gasteiger partial charge in [-0.25, -0.2) is 4.99 Å². The lowest BCUT2D eigenvalue weighted by atomic mass is 10.2. The summed E-state index contributed by atoms with van der Waals surface area (Å²) in [5, 5.41) is 2.61. The number of nitrogens with zero attached hydrogens (tertiary/aromatic N) is 1. The second kappa shape index (κ2) is 2.85. The number of hydrogen-bond acceptors (Lipinski definition) is 3. The summed E-state index contributed by atoms with van der Waals surface area (Å²) < 4.78 is 0. The number of carbonyl (C=O) groups excluding carboxylic acids is 1. The van der Waals surface area contributed by atoms with Crippen molar-refractivity contribution in [3.05, 3.63) is 0 Å². The Labute approximate surface area is 63.5 Å². The number of nitrogens with two attached hydrogens (primary N) is 1. The van der Waals surface area contributed by atoms with E-state index in [0.29, 0.717) is 12.3 Å². The molecule has 0 saturated carbocycles. The van der Waals surface area contributed by atoms with Gasteiger partial charge in [-0.1, -0.05) is 0 Å². The number of carbonyl (C=O) groups is 1. The van der Waals surface area contributed by atoms with Gasteiger partial charge in [0.05, 0.1) is 6.42 Å². The summed E-state index contributed by atoms with van der Waals surface area (Å²) >= 11 is 4.65. The van der Waals surface area contributed by atoms with Crippen molar-refractivity contribution in [3.63, 3.8) is 0 Å². The first kappa shape index (κ1) is 7.30. The average Bonchev–Trinajstić information content (AvgIpc) is 1.85. The van der Waals surface area contributed by atoms with E-state index in [1.54, 1.807) is 0 Å². The van der Waals surface area contributed by atoms with E-state index in [1.807, 2.05) is 0 Å². The van der Waals surface area contributed by atoms with Crippen molar-refractivity contribution in [1.82, 2.24) is 5.32 Å². The van der Waals surface area contributed by atoms with Crippen LogP contribution >= 0.6 is 12.2 Å². The maximum absolute atomic E-state index is 10.7. The Morgan fingerprint density at radius 1 is 1.80 bits per heavy atom. The van der Waals surface area contributed by atoms with Gasteiger partial charge in [0.2, 0.25) is 5.91 Å². The highest BCUT2D eigenvalue weighted by Crippen LogP contribution is 1.94. The summed E-state index contributed by atoms with van der Waals surface area (Å²) in [6.45, 7) is 0.299. The lowest BCUT2D eigenvalue weighted by Gasteiger charge is -2.10. The van der Waals surface area contributed by atoms with Gasteiger partial charge < -0.3 is 11.1 Å². The minimum Gasteiger partial charge on any atom is -0.325 e. The molecule has 1 aliphatic rings. The highest BCUT2D eigenvalue weighted by atomic mass is 32.1. The summed E-state index contributed by atoms with van der Waals surface area (Å²) in [5.41, 5.74) is 5.90. The smallest absolute Gasteiger partial charge is 0.231 e. The molecule has 0 aromatic carbocycles. The minimum absolute atomic E-state index is 0.125. The van der Waals surface area contributed by atoms with Gasteiger partial charge >= 0.3 is 0 Å². The molecule has 3 N–H and O–H groups in total. The molecule has 10 heavy (non-hydrogen) atoms. The van der Waals surface area contributed by atoms with Gasteiger partial charge in [0.25, 0.3) is 0 Å². The highest BCUT2D eigenvalue weighted by molar-refractivity contribution is 7.80. The average molecular weight is 157 g/mol. The molecule has 1 rings (SSSR count). The van der Waals surface area contributed by atoms with Crippen molar-refractivity contribution >= 4 is 28.9 Å². The Kier molecular flexibility index (Phi) is 2.08. The van der Waals surface area contributed by atoms with Gasteiger partial charge in [0.15, 0.2) is 5.11 Å². The van der Waals surface area contributed by atoms with Crippen LogP contribution in [0.25, 0.3) is 0 Å². The first-order valence-corrected chi connectivity index (χ1v) is 3.23. The third-order valence-electron chi connectivity index (χ3n) is 1.11. The van der Waals surface area contributed by atoms with Crippen LogP contribution in [0.4, 0.5) is 0 Å². The highest BCUT2D eigenvalue weighted by Gasteiger charge is 2.13. The summed E-state index contributed by atoms with van der Waals surface area (Å²) in [4.78, 5) is 14.6. The van der Waals surface area contributed by atoms with E-state index < -0.39 is 0 Å². The van der Waals surface area contributed by atoms with Crippen LogP contribution in [0.5, 0.6) is 0 Å². The standard InChI is InChI=1S/C5H7N3OS/c6-2-3-1-4(9)8-5(10)7-3/h1-2,6H2,(H,8,9,10). The Balaban J connectivity index is 2.74. The Morgan fingerprint density at radius 3 is 3.00 bits per heavy atom. The van der Waals surface area contributed by atoms with Crippen LogP contribution in [0.1, 0.15) is 6.42 Å². The van der Waals surface area contributed by atoms with Gasteiger partial charge in [-0.05, 0) is 12.2 Å². The van der Waals surface area contributed by atoms with E-state index >= 15 is 0 Å². The Morgan fingerprint density at radius 2 is 2.50 bits per heavy atom. The predicted molar refractivity (Wildman–Crippen MR) is 41.8 cm³/mol. The van der Waals surface area contributed by atoms with E-state index in [4.69, 9.17) is 5.73 Å². The van der Waals surface area contributed by atoms with Crippen molar-refractivity contribution in [2.75, 3.05) is 6.54 Å². The van der Waals surface area contributed by atoms with E-state index in [2.05, 4.69) is 22.5 Å². The zero-order valence-corrected chi connectivity index (χ0v) is 6.07. The molecule has 0 bridgehead atoms. The van der Waals surface area contributed by atoms with Gasteiger partial charge in [0, 0.05) is 12.3 Å². The van der Waals surface area contributed by atoms with Gasteiger partial charge in [-0.2, -0.15) is 0 Å². The fraction of sp³-hybridized carbons (Fsp3) is 0.400. The molecule has 0 aromatic rings. The molecule has 0 saturated heterocycles. The van der Waals surface area contributed by atoms with Gasteiger partial charge in [-0.15, -0.1) is 0 Å². The quantitative estimate of drug-likeness (QED) is 0.489. The Bertz CT molecular complexity index is 211. The van der Waals surface area contributed by atoms with Crippen molar-refractivity contribution in [2.45, 2.75) is 6.42 Å². The van der Waals surface area contributed by atoms with E-state index in [0.717, 1.165) is 0 Å². The van der Waals surface area contributed by atoms with Crippen LogP contribution < -0.4 is 11.1 Å². The van der Waals surface area contributed by atoms with Crippen LogP contribution in [0.3, 0.4) is 0 Å². The first-order valence-electron chi connectivity index (χ1n) is 2.82. The molecular formula is C5H7N3OS. The van der Waals surface area contributed by atoms with Crippen LogP contribution in [0.2, 0.25) is 0 Å². The molecular weight excluding hydrogens is 150 g/mol. The first-order chi connectivity index (χ1) is 4.72. The largest absolute Gasteiger partial charge is 0.325 e. The number of hydrogen-bond donors (Lipinski definition) is 2. The SMILES string of the molecule is NCC1=NC(=S)NC(=O)C1. The molecule has 0 fully saturated rings. The summed E-state index contributed by atoms with van der Waals surface area (Å²) in [5.74, 6) is -0.125. The number of thiocarbonyl (C=S) groups is 1. The Hall–Kier alpha value is -0.810. The minimum atomic E-state index is -0.125. The van der Waals surface area contributed by atoms with Crippen molar-refractivity contribution in [2.24, 2.45) is 10.7 Å². The number of nitrogens with one attached hydrogen (secondary N) is 1. The third kappa shape index (κ3) is 1.58. The van der Waals surface area contributed by atoms with Crippen molar-refractivity contribution in [3.8, 4) is 0 Å². The maximum atomic E-state index is 10.7. The molecule has 54 valence electrons. The van der Waals surface area contributed by atoms with Crippen LogP contribution in [0, 0.1) is 0 Å². The summed E-state index contributed by atoms with van der Waals surface area (Å²) in [6.07, 6.45) is 0.274. The normalized spacial score (nSPS) is 18.3. The maximum Gasteiger partial charge on any atom is 0.231 e. The summed E-state index contributed by atoms with van der Waals surface area (Å²) in [7, 11) is 0. The predicted octanol–water partition coefficient (Wildman–Crippen LogP) is -0.809. The lowest BCUT2D eigenvalue weighted by molar-refractivity contribution is -0.118. The summed E-state index contributed by atoms with van der Waals surface area (Å²) in [6, 6.07) is 0. The van der Waals surface area contributed by atoms with Crippen LogP contribution in [-0.2, 0) is 4.79 Å². The monoisotopic (exact) mass is 157 g/mol. The fourth-order valence-electron chi connectivity index (χ4n) is 0.678. The molecule has 0 unspecified atom stereocenters. The lowest BCUT2D eigenvalue weighted by Crippen LogP contribution is -2.37. The van der Waals surface area contributed by atoms with Crippen LogP contribution in [-0.4, -0.2) is 23.3 Å². The molecule has 1 aliphatic heterocycles. The topological polar surface area (TPSA) is 67.5 Å². The van der Waals surface area contributed by atoms with Gasteiger partial charge in [0.1, 0.15) is 0 Å². The molecule has 0 spiro atoms. The molecule has 0 aliphatic carbocycles. The third-order valence-corrected chi connectivity index (χ3v) is 1.30. The second-order valence-electron chi connectivity index (χ2n) is 1.91. The molecule has 0 aromatic heterocycles. The molecule has 1 amide bonds. The number of aliphatic imine (C=N–C) groups is 1. The molecule has 1 heterocycles. The number of rotatable bonds is 1. The van der Waals surface area contributed by atoms with Crippen LogP contribution in [0.15, 0.2) is 4.99 Å².